The van der Waals surface area contributed by atoms with E-state index in [9.17, 15) is 18.0 Å². The topological polar surface area (TPSA) is 39.2 Å². The quantitative estimate of drug-likeness (QED) is 0.502. The number of alkyl halides is 3. The highest BCUT2D eigenvalue weighted by Gasteiger charge is 2.35. The van der Waals surface area contributed by atoms with Crippen LogP contribution in [0.3, 0.4) is 0 Å². The monoisotopic (exact) mass is 395 g/mol. The lowest BCUT2D eigenvalue weighted by atomic mass is 10.1. The second kappa shape index (κ2) is 7.21. The summed E-state index contributed by atoms with van der Waals surface area (Å²) in [6, 6.07) is 5.01. The molecule has 0 amide bonds. The molecule has 1 aromatic carbocycles. The van der Waals surface area contributed by atoms with Crippen LogP contribution in [0.5, 0.6) is 0 Å². The van der Waals surface area contributed by atoms with E-state index in [1.165, 1.54) is 31.6 Å². The molecule has 3 nitrogen and oxygen atoms in total. The van der Waals surface area contributed by atoms with Crippen molar-refractivity contribution in [1.82, 2.24) is 4.98 Å². The summed E-state index contributed by atoms with van der Waals surface area (Å²) < 4.78 is 43.7. The number of halogens is 5. The summed E-state index contributed by atoms with van der Waals surface area (Å²) in [5.74, 6) is -0.755. The van der Waals surface area contributed by atoms with Crippen LogP contribution in [0.15, 0.2) is 29.2 Å². The fraction of sp³-hybridized carbons (Fsp3) is 0.200. The van der Waals surface area contributed by atoms with Gasteiger partial charge in [-0.15, -0.1) is 11.8 Å². The van der Waals surface area contributed by atoms with Crippen LogP contribution >= 0.6 is 35.0 Å². The SMILES string of the molecule is COC(=O)c1nc(-c2ccc(C(F)(F)F)c(SC)c2Cl)ccc1Cl. The molecule has 0 aliphatic rings. The highest BCUT2D eigenvalue weighted by molar-refractivity contribution is 7.98. The number of nitrogens with zero attached hydrogens (tertiary/aromatic N) is 1. The van der Waals surface area contributed by atoms with Gasteiger partial charge in [-0.25, -0.2) is 9.78 Å². The number of esters is 1. The van der Waals surface area contributed by atoms with Crippen molar-refractivity contribution in [1.29, 1.82) is 0 Å². The van der Waals surface area contributed by atoms with Crippen LogP contribution in [0.4, 0.5) is 13.2 Å². The maximum atomic E-state index is 13.1. The molecular formula is C15H10Cl2F3NO2S. The predicted octanol–water partition coefficient (Wildman–Crippen LogP) is 5.58. The molecule has 128 valence electrons. The van der Waals surface area contributed by atoms with E-state index in [1.807, 2.05) is 0 Å². The number of rotatable bonds is 3. The van der Waals surface area contributed by atoms with Crippen LogP contribution in [-0.2, 0) is 10.9 Å². The molecule has 0 unspecified atom stereocenters. The number of pyridine rings is 1. The third kappa shape index (κ3) is 3.63. The molecule has 9 heteroatoms. The van der Waals surface area contributed by atoms with Gasteiger partial charge < -0.3 is 4.74 Å². The first-order chi connectivity index (χ1) is 11.2. The molecular weight excluding hydrogens is 386 g/mol. The van der Waals surface area contributed by atoms with Gasteiger partial charge in [0.25, 0.3) is 0 Å². The van der Waals surface area contributed by atoms with Crippen LogP contribution in [0, 0.1) is 0 Å². The van der Waals surface area contributed by atoms with Crippen LogP contribution in [0.2, 0.25) is 10.0 Å². The van der Waals surface area contributed by atoms with E-state index in [4.69, 9.17) is 23.2 Å². The van der Waals surface area contributed by atoms with Gasteiger partial charge in [0.05, 0.1) is 28.4 Å². The number of methoxy groups -OCH3 is 1. The van der Waals surface area contributed by atoms with Crippen molar-refractivity contribution in [2.75, 3.05) is 13.4 Å². The largest absolute Gasteiger partial charge is 0.464 e. The molecule has 1 heterocycles. The van der Waals surface area contributed by atoms with Crippen LogP contribution in [0.1, 0.15) is 16.1 Å². The summed E-state index contributed by atoms with van der Waals surface area (Å²) in [6.45, 7) is 0. The van der Waals surface area contributed by atoms with Crippen LogP contribution < -0.4 is 0 Å². The van der Waals surface area contributed by atoms with E-state index in [0.29, 0.717) is 0 Å². The molecule has 0 spiro atoms. The fourth-order valence-corrected chi connectivity index (χ4v) is 3.38. The summed E-state index contributed by atoms with van der Waals surface area (Å²) in [4.78, 5) is 15.6. The number of ether oxygens (including phenoxy) is 1. The Kier molecular flexibility index (Phi) is 5.67. The second-order valence-corrected chi connectivity index (χ2v) is 6.13. The van der Waals surface area contributed by atoms with Crippen molar-refractivity contribution in [2.45, 2.75) is 11.1 Å². The maximum Gasteiger partial charge on any atom is 0.417 e. The Morgan fingerprint density at radius 3 is 2.42 bits per heavy atom. The molecule has 0 atom stereocenters. The van der Waals surface area contributed by atoms with E-state index < -0.39 is 17.7 Å². The number of hydrogen-bond acceptors (Lipinski definition) is 4. The first-order valence-electron chi connectivity index (χ1n) is 6.39. The Morgan fingerprint density at radius 1 is 1.21 bits per heavy atom. The zero-order chi connectivity index (χ0) is 18.1. The molecule has 2 rings (SSSR count). The minimum absolute atomic E-state index is 0.0683. The van der Waals surface area contributed by atoms with E-state index in [-0.39, 0.29) is 31.9 Å². The van der Waals surface area contributed by atoms with E-state index in [0.717, 1.165) is 17.8 Å². The van der Waals surface area contributed by atoms with Gasteiger partial charge in [0.15, 0.2) is 5.69 Å². The summed E-state index contributed by atoms with van der Waals surface area (Å²) in [5, 5.41) is -0.0262. The predicted molar refractivity (Wildman–Crippen MR) is 87.8 cm³/mol. The normalized spacial score (nSPS) is 11.5. The van der Waals surface area contributed by atoms with Crippen molar-refractivity contribution < 1.29 is 22.7 Å². The highest BCUT2D eigenvalue weighted by atomic mass is 35.5. The molecule has 24 heavy (non-hydrogen) atoms. The third-order valence-corrected chi connectivity index (χ3v) is 4.75. The third-order valence-electron chi connectivity index (χ3n) is 3.11. The summed E-state index contributed by atoms with van der Waals surface area (Å²) in [5.41, 5.74) is -0.492. The molecule has 1 aromatic heterocycles. The van der Waals surface area contributed by atoms with Gasteiger partial charge in [-0.05, 0) is 24.5 Å². The molecule has 0 bridgehead atoms. The first-order valence-corrected chi connectivity index (χ1v) is 8.37. The first kappa shape index (κ1) is 18.9. The van der Waals surface area contributed by atoms with Gasteiger partial charge in [-0.2, -0.15) is 13.2 Å². The molecule has 0 aliphatic heterocycles. The van der Waals surface area contributed by atoms with Gasteiger partial charge in [-0.1, -0.05) is 29.3 Å². The Hall–Kier alpha value is -1.44. The molecule has 0 N–H and O–H groups in total. The Labute approximate surface area is 150 Å². The lowest BCUT2D eigenvalue weighted by Crippen LogP contribution is -2.08. The summed E-state index contributed by atoms with van der Waals surface area (Å²) in [7, 11) is 1.17. The number of carbonyl (C=O) groups is 1. The Balaban J connectivity index is 2.64. The zero-order valence-corrected chi connectivity index (χ0v) is 14.7. The number of hydrogen-bond donors (Lipinski definition) is 0. The molecule has 0 saturated heterocycles. The minimum atomic E-state index is -4.52. The van der Waals surface area contributed by atoms with Crippen molar-refractivity contribution in [3.8, 4) is 11.3 Å². The van der Waals surface area contributed by atoms with Crippen LogP contribution in [-0.4, -0.2) is 24.3 Å². The molecule has 0 radical (unpaired) electrons. The van der Waals surface area contributed by atoms with Gasteiger partial charge in [0.2, 0.25) is 0 Å². The second-order valence-electron chi connectivity index (χ2n) is 4.52. The highest BCUT2D eigenvalue weighted by Crippen LogP contribution is 2.43. The molecule has 2 aromatic rings. The molecule has 0 saturated carbocycles. The van der Waals surface area contributed by atoms with E-state index >= 15 is 0 Å². The smallest absolute Gasteiger partial charge is 0.417 e. The van der Waals surface area contributed by atoms with Crippen LogP contribution in [0.25, 0.3) is 11.3 Å². The zero-order valence-electron chi connectivity index (χ0n) is 12.4. The fourth-order valence-electron chi connectivity index (χ4n) is 2.01. The standard InChI is InChI=1S/C15H10Cl2F3NO2S/c1-23-14(22)12-9(16)5-6-10(21-12)7-3-4-8(15(18,19)20)13(24-2)11(7)17/h3-6H,1-2H3. The average molecular weight is 396 g/mol. The Bertz CT molecular complexity index is 797. The van der Waals surface area contributed by atoms with Crippen molar-refractivity contribution in [3.63, 3.8) is 0 Å². The van der Waals surface area contributed by atoms with Gasteiger partial charge in [0, 0.05) is 10.5 Å². The lowest BCUT2D eigenvalue weighted by molar-refractivity contribution is -0.139. The van der Waals surface area contributed by atoms with E-state index in [1.54, 1.807) is 0 Å². The van der Waals surface area contributed by atoms with Gasteiger partial charge >= 0.3 is 12.1 Å². The lowest BCUT2D eigenvalue weighted by Gasteiger charge is -2.15. The summed E-state index contributed by atoms with van der Waals surface area (Å²) >= 11 is 12.9. The number of aromatic nitrogens is 1. The number of thioether (sulfide) groups is 1. The van der Waals surface area contributed by atoms with Crippen molar-refractivity contribution in [3.05, 3.63) is 45.6 Å². The van der Waals surface area contributed by atoms with Gasteiger partial charge in [-0.3, -0.25) is 0 Å². The Morgan fingerprint density at radius 2 is 1.88 bits per heavy atom. The van der Waals surface area contributed by atoms with Gasteiger partial charge in [0.1, 0.15) is 0 Å². The minimum Gasteiger partial charge on any atom is -0.464 e. The number of benzene rings is 1. The summed E-state index contributed by atoms with van der Waals surface area (Å²) in [6.07, 6.45) is -3.03. The molecule has 0 fully saturated rings. The average Bonchev–Trinajstić information content (AvgIpc) is 2.53. The van der Waals surface area contributed by atoms with E-state index in [2.05, 4.69) is 9.72 Å². The van der Waals surface area contributed by atoms with Crippen molar-refractivity contribution in [2.24, 2.45) is 0 Å². The number of carbonyl (C=O) groups excluding carboxylic acids is 1. The molecule has 0 aliphatic carbocycles. The maximum absolute atomic E-state index is 13.1. The van der Waals surface area contributed by atoms with Crippen molar-refractivity contribution >= 4 is 40.9 Å².